The van der Waals surface area contributed by atoms with Gasteiger partial charge in [-0.2, -0.15) is 10.4 Å². The number of anilines is 1. The molecule has 0 saturated heterocycles. The Labute approximate surface area is 107 Å². The molecule has 1 aromatic heterocycles. The highest BCUT2D eigenvalue weighted by atomic mass is 16.2. The molecule has 0 aliphatic rings. The van der Waals surface area contributed by atoms with Crippen LogP contribution in [0.1, 0.15) is 37.7 Å². The highest BCUT2D eigenvalue weighted by Crippen LogP contribution is 2.14. The first-order valence-corrected chi connectivity index (χ1v) is 6.02. The van der Waals surface area contributed by atoms with Gasteiger partial charge in [0.1, 0.15) is 0 Å². The quantitative estimate of drug-likeness (QED) is 0.850. The lowest BCUT2D eigenvalue weighted by Gasteiger charge is -2.25. The molecule has 2 N–H and O–H groups in total. The number of aromatic nitrogens is 2. The number of rotatable bonds is 5. The van der Waals surface area contributed by atoms with Gasteiger partial charge in [-0.05, 0) is 20.8 Å². The third-order valence-electron chi connectivity index (χ3n) is 2.67. The molecule has 0 spiro atoms. The standard InChI is InChI=1S/C12H19N5O/c1-4-16-8-10(14)11(15-16)12(18)17(9(2)3)7-5-6-13/h8-9H,4-5,7,14H2,1-3H3. The van der Waals surface area contributed by atoms with Crippen LogP contribution in [-0.2, 0) is 6.54 Å². The molecule has 0 aliphatic heterocycles. The van der Waals surface area contributed by atoms with Gasteiger partial charge in [-0.1, -0.05) is 0 Å². The van der Waals surface area contributed by atoms with E-state index in [1.54, 1.807) is 15.8 Å². The summed E-state index contributed by atoms with van der Waals surface area (Å²) in [7, 11) is 0. The van der Waals surface area contributed by atoms with E-state index in [2.05, 4.69) is 5.10 Å². The number of nitriles is 1. The van der Waals surface area contributed by atoms with Crippen LogP contribution in [0.25, 0.3) is 0 Å². The predicted octanol–water partition coefficient (Wildman–Crippen LogP) is 1.25. The van der Waals surface area contributed by atoms with Crippen molar-refractivity contribution in [2.24, 2.45) is 0 Å². The summed E-state index contributed by atoms with van der Waals surface area (Å²) in [5.74, 6) is -0.218. The van der Waals surface area contributed by atoms with Gasteiger partial charge in [0.2, 0.25) is 0 Å². The van der Waals surface area contributed by atoms with Crippen molar-refractivity contribution in [2.75, 3.05) is 12.3 Å². The highest BCUT2D eigenvalue weighted by molar-refractivity contribution is 5.97. The summed E-state index contributed by atoms with van der Waals surface area (Å²) in [4.78, 5) is 13.9. The Balaban J connectivity index is 2.94. The van der Waals surface area contributed by atoms with E-state index in [-0.39, 0.29) is 17.6 Å². The molecule has 1 aromatic rings. The summed E-state index contributed by atoms with van der Waals surface area (Å²) >= 11 is 0. The fraction of sp³-hybridized carbons (Fsp3) is 0.583. The minimum absolute atomic E-state index is 0.0111. The summed E-state index contributed by atoms with van der Waals surface area (Å²) in [5, 5.41) is 12.8. The van der Waals surface area contributed by atoms with Crippen molar-refractivity contribution >= 4 is 11.6 Å². The number of hydrogen-bond acceptors (Lipinski definition) is 4. The molecule has 6 nitrogen and oxygen atoms in total. The molecule has 1 rings (SSSR count). The molecule has 0 bridgehead atoms. The van der Waals surface area contributed by atoms with E-state index in [0.29, 0.717) is 25.2 Å². The van der Waals surface area contributed by atoms with Crippen molar-refractivity contribution in [3.8, 4) is 6.07 Å². The minimum atomic E-state index is -0.218. The summed E-state index contributed by atoms with van der Waals surface area (Å²) in [6, 6.07) is 2.05. The molecule has 0 fully saturated rings. The Kier molecular flexibility index (Phi) is 4.72. The molecule has 0 radical (unpaired) electrons. The van der Waals surface area contributed by atoms with Crippen molar-refractivity contribution in [1.82, 2.24) is 14.7 Å². The SMILES string of the molecule is CCn1cc(N)c(C(=O)N(CCC#N)C(C)C)n1. The maximum Gasteiger partial charge on any atom is 0.276 e. The Morgan fingerprint density at radius 3 is 2.78 bits per heavy atom. The summed E-state index contributed by atoms with van der Waals surface area (Å²) < 4.78 is 1.63. The number of aryl methyl sites for hydroxylation is 1. The molecular weight excluding hydrogens is 230 g/mol. The van der Waals surface area contributed by atoms with Crippen molar-refractivity contribution in [3.05, 3.63) is 11.9 Å². The van der Waals surface area contributed by atoms with Crippen molar-refractivity contribution in [2.45, 2.75) is 39.8 Å². The number of hydrogen-bond donors (Lipinski definition) is 1. The molecular formula is C12H19N5O. The second kappa shape index (κ2) is 6.05. The molecule has 1 amide bonds. The van der Waals surface area contributed by atoms with E-state index in [0.717, 1.165) is 0 Å². The normalized spacial score (nSPS) is 10.4. The van der Waals surface area contributed by atoms with Crippen LogP contribution >= 0.6 is 0 Å². The number of nitrogens with zero attached hydrogens (tertiary/aromatic N) is 4. The summed E-state index contributed by atoms with van der Waals surface area (Å²) in [6.45, 7) is 6.80. The zero-order chi connectivity index (χ0) is 13.7. The lowest BCUT2D eigenvalue weighted by Crippen LogP contribution is -2.38. The van der Waals surface area contributed by atoms with E-state index in [9.17, 15) is 4.79 Å². The maximum atomic E-state index is 12.3. The first-order valence-electron chi connectivity index (χ1n) is 6.02. The van der Waals surface area contributed by atoms with Gasteiger partial charge in [0.15, 0.2) is 5.69 Å². The van der Waals surface area contributed by atoms with Crippen molar-refractivity contribution < 1.29 is 4.79 Å². The minimum Gasteiger partial charge on any atom is -0.396 e. The zero-order valence-corrected chi connectivity index (χ0v) is 11.1. The van der Waals surface area contributed by atoms with Crippen LogP contribution in [0.15, 0.2) is 6.20 Å². The molecule has 1 heterocycles. The Morgan fingerprint density at radius 2 is 2.33 bits per heavy atom. The number of nitrogen functional groups attached to an aromatic ring is 1. The van der Waals surface area contributed by atoms with Crippen LogP contribution in [-0.4, -0.2) is 33.2 Å². The van der Waals surface area contributed by atoms with Gasteiger partial charge < -0.3 is 10.6 Å². The first kappa shape index (κ1) is 14.0. The largest absolute Gasteiger partial charge is 0.396 e. The van der Waals surface area contributed by atoms with Crippen molar-refractivity contribution in [1.29, 1.82) is 5.26 Å². The molecule has 18 heavy (non-hydrogen) atoms. The topological polar surface area (TPSA) is 87.9 Å². The Hall–Kier alpha value is -2.03. The number of carbonyl (C=O) groups excluding carboxylic acids is 1. The second-order valence-corrected chi connectivity index (χ2v) is 4.29. The molecule has 0 aromatic carbocycles. The highest BCUT2D eigenvalue weighted by Gasteiger charge is 2.23. The smallest absolute Gasteiger partial charge is 0.276 e. The average molecular weight is 249 g/mol. The van der Waals surface area contributed by atoms with Crippen LogP contribution in [0, 0.1) is 11.3 Å². The Bertz CT molecular complexity index is 458. The van der Waals surface area contributed by atoms with E-state index in [4.69, 9.17) is 11.0 Å². The number of nitrogens with two attached hydrogens (primary N) is 1. The third-order valence-corrected chi connectivity index (χ3v) is 2.67. The van der Waals surface area contributed by atoms with Gasteiger partial charge in [-0.25, -0.2) is 0 Å². The Morgan fingerprint density at radius 1 is 1.67 bits per heavy atom. The first-order chi connectivity index (χ1) is 8.51. The third kappa shape index (κ3) is 3.00. The van der Waals surface area contributed by atoms with Crippen molar-refractivity contribution in [3.63, 3.8) is 0 Å². The van der Waals surface area contributed by atoms with E-state index < -0.39 is 0 Å². The second-order valence-electron chi connectivity index (χ2n) is 4.29. The van der Waals surface area contributed by atoms with Gasteiger partial charge >= 0.3 is 0 Å². The van der Waals surface area contributed by atoms with E-state index >= 15 is 0 Å². The fourth-order valence-electron chi connectivity index (χ4n) is 1.67. The molecule has 98 valence electrons. The van der Waals surface area contributed by atoms with E-state index in [1.807, 2.05) is 26.8 Å². The molecule has 0 saturated carbocycles. The van der Waals surface area contributed by atoms with Crippen LogP contribution in [0.4, 0.5) is 5.69 Å². The lowest BCUT2D eigenvalue weighted by molar-refractivity contribution is 0.0704. The average Bonchev–Trinajstić information content (AvgIpc) is 2.70. The molecule has 6 heteroatoms. The van der Waals surface area contributed by atoms with Crippen LogP contribution in [0.5, 0.6) is 0 Å². The molecule has 0 atom stereocenters. The number of carbonyl (C=O) groups is 1. The zero-order valence-electron chi connectivity index (χ0n) is 11.1. The van der Waals surface area contributed by atoms with Gasteiger partial charge in [0.25, 0.3) is 5.91 Å². The summed E-state index contributed by atoms with van der Waals surface area (Å²) in [5.41, 5.74) is 6.43. The van der Waals surface area contributed by atoms with E-state index in [1.165, 1.54) is 0 Å². The lowest BCUT2D eigenvalue weighted by atomic mass is 10.2. The van der Waals surface area contributed by atoms with Crippen LogP contribution < -0.4 is 5.73 Å². The fourth-order valence-corrected chi connectivity index (χ4v) is 1.67. The monoisotopic (exact) mass is 249 g/mol. The molecule has 0 aliphatic carbocycles. The van der Waals surface area contributed by atoms with Gasteiger partial charge in [0, 0.05) is 25.3 Å². The number of amides is 1. The van der Waals surface area contributed by atoms with Gasteiger partial charge in [-0.3, -0.25) is 9.48 Å². The molecule has 0 unspecified atom stereocenters. The maximum absolute atomic E-state index is 12.3. The van der Waals surface area contributed by atoms with Gasteiger partial charge in [0.05, 0.1) is 18.2 Å². The predicted molar refractivity (Wildman–Crippen MR) is 68.7 cm³/mol. The van der Waals surface area contributed by atoms with Crippen LogP contribution in [0.2, 0.25) is 0 Å². The van der Waals surface area contributed by atoms with Gasteiger partial charge in [-0.15, -0.1) is 0 Å². The summed E-state index contributed by atoms with van der Waals surface area (Å²) in [6.07, 6.45) is 1.95. The van der Waals surface area contributed by atoms with Crippen LogP contribution in [0.3, 0.4) is 0 Å².